The van der Waals surface area contributed by atoms with E-state index in [1.165, 1.54) is 22.9 Å². The summed E-state index contributed by atoms with van der Waals surface area (Å²) in [6.07, 6.45) is 0.650. The van der Waals surface area contributed by atoms with Crippen molar-refractivity contribution in [3.63, 3.8) is 0 Å². The fourth-order valence-electron chi connectivity index (χ4n) is 2.73. The maximum Gasteiger partial charge on any atom is 0.310 e. The van der Waals surface area contributed by atoms with Crippen LogP contribution in [0.15, 0.2) is 29.3 Å². The molecule has 1 heterocycles. The second-order valence-electron chi connectivity index (χ2n) is 5.25. The molecule has 1 aliphatic carbocycles. The summed E-state index contributed by atoms with van der Waals surface area (Å²) >= 11 is 0.642. The van der Waals surface area contributed by atoms with E-state index in [2.05, 4.69) is 0 Å². The molecule has 0 amide bonds. The van der Waals surface area contributed by atoms with E-state index in [1.54, 1.807) is 6.07 Å². The smallest absolute Gasteiger partial charge is 0.310 e. The van der Waals surface area contributed by atoms with Crippen LogP contribution in [-0.2, 0) is 6.42 Å². The lowest BCUT2D eigenvalue weighted by Crippen LogP contribution is -2.34. The third-order valence-corrected chi connectivity index (χ3v) is 4.60. The van der Waals surface area contributed by atoms with Crippen molar-refractivity contribution in [3.05, 3.63) is 47.0 Å². The number of hydrogen-bond donors (Lipinski definition) is 0. The molecule has 1 aromatic carbocycles. The Balaban J connectivity index is 2.20. The topological polar surface area (TPSA) is 45.8 Å². The maximum absolute atomic E-state index is 13.7. The number of aromatic nitrogens is 1. The van der Waals surface area contributed by atoms with Crippen molar-refractivity contribution in [1.82, 2.24) is 4.57 Å². The average Bonchev–Trinajstić information content (AvgIpc) is 2.91. The molecule has 8 heteroatoms. The van der Waals surface area contributed by atoms with Crippen LogP contribution in [0.2, 0.25) is 0 Å². The summed E-state index contributed by atoms with van der Waals surface area (Å²) in [6, 6.07) is 4.54. The molecule has 3 nitrogen and oxygen atoms in total. The minimum Gasteiger partial charge on any atom is -0.319 e. The van der Waals surface area contributed by atoms with Crippen molar-refractivity contribution < 1.29 is 22.4 Å². The van der Waals surface area contributed by atoms with Crippen molar-refractivity contribution in [2.24, 2.45) is 0 Å². The van der Waals surface area contributed by atoms with Gasteiger partial charge in [-0.2, -0.15) is 14.0 Å². The zero-order chi connectivity index (χ0) is 17.5. The molecule has 0 aliphatic heterocycles. The first-order valence-corrected chi connectivity index (χ1v) is 7.93. The van der Waals surface area contributed by atoms with Gasteiger partial charge in [0.05, 0.1) is 11.1 Å². The van der Waals surface area contributed by atoms with Crippen LogP contribution in [0.1, 0.15) is 28.0 Å². The van der Waals surface area contributed by atoms with Gasteiger partial charge in [0, 0.05) is 28.9 Å². The van der Waals surface area contributed by atoms with Gasteiger partial charge in [-0.3, -0.25) is 4.79 Å². The third-order valence-electron chi connectivity index (χ3n) is 3.87. The van der Waals surface area contributed by atoms with Crippen molar-refractivity contribution >= 4 is 17.5 Å². The van der Waals surface area contributed by atoms with Crippen LogP contribution in [0.4, 0.5) is 17.6 Å². The van der Waals surface area contributed by atoms with Crippen LogP contribution in [0.25, 0.3) is 5.69 Å². The Morgan fingerprint density at radius 2 is 2.12 bits per heavy atom. The summed E-state index contributed by atoms with van der Waals surface area (Å²) in [5, 5.41) is 8.92. The van der Waals surface area contributed by atoms with Gasteiger partial charge >= 0.3 is 5.92 Å². The van der Waals surface area contributed by atoms with Crippen LogP contribution >= 0.6 is 11.8 Å². The highest BCUT2D eigenvalue weighted by molar-refractivity contribution is 7.99. The standard InChI is InChI=1S/C16H10F4N2OS/c17-8-24-13-7-22(10-1-2-11(18)9(5-10)6-21)12-3-4-16(19,20)15(23)14(12)13/h1-2,5,7H,3-4,8H2. The van der Waals surface area contributed by atoms with Crippen molar-refractivity contribution in [2.45, 2.75) is 23.7 Å². The highest BCUT2D eigenvalue weighted by Gasteiger charge is 2.46. The Labute approximate surface area is 138 Å². The second-order valence-corrected chi connectivity index (χ2v) is 6.19. The minimum absolute atomic E-state index is 0.0832. The number of nitriles is 1. The molecular weight excluding hydrogens is 344 g/mol. The van der Waals surface area contributed by atoms with Gasteiger partial charge in [0.1, 0.15) is 17.9 Å². The van der Waals surface area contributed by atoms with E-state index in [-0.39, 0.29) is 22.4 Å². The largest absolute Gasteiger partial charge is 0.319 e. The summed E-state index contributed by atoms with van der Waals surface area (Å²) in [6.45, 7) is 0. The number of ketones is 1. The first-order chi connectivity index (χ1) is 11.4. The van der Waals surface area contributed by atoms with Crippen molar-refractivity contribution in [3.8, 4) is 11.8 Å². The lowest BCUT2D eigenvalue weighted by Gasteiger charge is -2.22. The summed E-state index contributed by atoms with van der Waals surface area (Å²) in [5.74, 6) is -5.52. The molecule has 24 heavy (non-hydrogen) atoms. The van der Waals surface area contributed by atoms with Crippen LogP contribution in [-0.4, -0.2) is 22.3 Å². The molecule has 0 atom stereocenters. The van der Waals surface area contributed by atoms with Crippen molar-refractivity contribution in [1.29, 1.82) is 5.26 Å². The molecule has 0 spiro atoms. The van der Waals surface area contributed by atoms with E-state index < -0.39 is 30.0 Å². The number of halogens is 4. The number of carbonyl (C=O) groups excluding carboxylic acids is 1. The number of carbonyl (C=O) groups is 1. The lowest BCUT2D eigenvalue weighted by atomic mass is 9.93. The molecule has 0 radical (unpaired) electrons. The van der Waals surface area contributed by atoms with Gasteiger partial charge in [-0.1, -0.05) is 11.8 Å². The summed E-state index contributed by atoms with van der Waals surface area (Å²) in [7, 11) is 0. The lowest BCUT2D eigenvalue weighted by molar-refractivity contribution is 0.00143. The number of hydrogen-bond acceptors (Lipinski definition) is 3. The fraction of sp³-hybridized carbons (Fsp3) is 0.250. The highest BCUT2D eigenvalue weighted by atomic mass is 32.2. The summed E-state index contributed by atoms with van der Waals surface area (Å²) in [4.78, 5) is 12.2. The van der Waals surface area contributed by atoms with Gasteiger partial charge in [0.2, 0.25) is 5.78 Å². The quantitative estimate of drug-likeness (QED) is 0.611. The summed E-state index contributed by atoms with van der Waals surface area (Å²) < 4.78 is 55.1. The normalized spacial score (nSPS) is 15.9. The monoisotopic (exact) mass is 354 g/mol. The fourth-order valence-corrected chi connectivity index (χ4v) is 3.38. The van der Waals surface area contributed by atoms with Gasteiger partial charge in [-0.25, -0.2) is 8.78 Å². The van der Waals surface area contributed by atoms with E-state index in [1.807, 2.05) is 0 Å². The Morgan fingerprint density at radius 1 is 1.38 bits per heavy atom. The zero-order valence-electron chi connectivity index (χ0n) is 12.2. The van der Waals surface area contributed by atoms with Gasteiger partial charge in [0.15, 0.2) is 0 Å². The van der Waals surface area contributed by atoms with Crippen LogP contribution < -0.4 is 0 Å². The Hall–Kier alpha value is -2.27. The molecule has 0 saturated carbocycles. The molecule has 0 bridgehead atoms. The van der Waals surface area contributed by atoms with E-state index >= 15 is 0 Å². The number of thioether (sulfide) groups is 1. The van der Waals surface area contributed by atoms with E-state index in [4.69, 9.17) is 5.26 Å². The minimum atomic E-state index is -3.48. The van der Waals surface area contributed by atoms with Crippen molar-refractivity contribution in [2.75, 3.05) is 6.01 Å². The predicted octanol–water partition coefficient (Wildman–Crippen LogP) is 4.27. The number of alkyl halides is 3. The molecule has 0 fully saturated rings. The zero-order valence-corrected chi connectivity index (χ0v) is 13.0. The average molecular weight is 354 g/mol. The molecule has 1 aliphatic rings. The summed E-state index contributed by atoms with van der Waals surface area (Å²) in [5.41, 5.74) is 0.268. The number of benzene rings is 1. The Morgan fingerprint density at radius 3 is 2.79 bits per heavy atom. The second kappa shape index (κ2) is 5.98. The van der Waals surface area contributed by atoms with Gasteiger partial charge in [0.25, 0.3) is 0 Å². The molecule has 3 rings (SSSR count). The number of rotatable bonds is 3. The SMILES string of the molecule is N#Cc1cc(-n2cc(SCF)c3c2CCC(F)(F)C3=O)ccc1F. The number of nitrogens with zero attached hydrogens (tertiary/aromatic N) is 2. The molecule has 0 saturated heterocycles. The van der Waals surface area contributed by atoms with Crippen LogP contribution in [0, 0.1) is 17.1 Å². The van der Waals surface area contributed by atoms with Gasteiger partial charge in [-0.15, -0.1) is 0 Å². The highest BCUT2D eigenvalue weighted by Crippen LogP contribution is 2.40. The van der Waals surface area contributed by atoms with Crippen LogP contribution in [0.5, 0.6) is 0 Å². The van der Waals surface area contributed by atoms with Gasteiger partial charge < -0.3 is 4.57 Å². The van der Waals surface area contributed by atoms with E-state index in [0.29, 0.717) is 23.1 Å². The van der Waals surface area contributed by atoms with Gasteiger partial charge in [-0.05, 0) is 24.6 Å². The molecule has 1 aromatic heterocycles. The Bertz CT molecular complexity index is 870. The molecule has 124 valence electrons. The third kappa shape index (κ3) is 2.59. The molecule has 0 unspecified atom stereocenters. The van der Waals surface area contributed by atoms with E-state index in [0.717, 1.165) is 6.07 Å². The first-order valence-electron chi connectivity index (χ1n) is 6.94. The maximum atomic E-state index is 13.7. The molecule has 0 N–H and O–H groups in total. The number of Topliss-reactive ketones (excluding diaryl/α,β-unsaturated/α-hetero) is 1. The first kappa shape index (κ1) is 16.6. The Kier molecular flexibility index (Phi) is 4.13. The van der Waals surface area contributed by atoms with E-state index in [9.17, 15) is 22.4 Å². The van der Waals surface area contributed by atoms with Crippen LogP contribution in [0.3, 0.4) is 0 Å². The predicted molar refractivity (Wildman–Crippen MR) is 79.9 cm³/mol. The molecular formula is C16H10F4N2OS. The molecule has 2 aromatic rings. The number of fused-ring (bicyclic) bond motifs is 1.